The van der Waals surface area contributed by atoms with E-state index < -0.39 is 0 Å². The molecule has 0 aromatic heterocycles. The van der Waals surface area contributed by atoms with Gasteiger partial charge in [-0.15, -0.1) is 0 Å². The van der Waals surface area contributed by atoms with Gasteiger partial charge in [-0.3, -0.25) is 0 Å². The van der Waals surface area contributed by atoms with Gasteiger partial charge < -0.3 is 4.74 Å². The number of fused-ring (bicyclic) bond motifs is 1. The van der Waals surface area contributed by atoms with Gasteiger partial charge in [0.15, 0.2) is 0 Å². The zero-order chi connectivity index (χ0) is 11.7. The van der Waals surface area contributed by atoms with Crippen molar-refractivity contribution >= 4 is 12.0 Å². The Morgan fingerprint density at radius 2 is 1.88 bits per heavy atom. The Balaban J connectivity index is 2.51. The predicted octanol–water partition coefficient (Wildman–Crippen LogP) is 2.81. The van der Waals surface area contributed by atoms with E-state index in [-0.39, 0.29) is 5.97 Å². The number of carbonyl (C=O) groups is 1. The van der Waals surface area contributed by atoms with Crippen molar-refractivity contribution < 1.29 is 9.53 Å². The Morgan fingerprint density at radius 1 is 1.19 bits per heavy atom. The topological polar surface area (TPSA) is 26.3 Å². The van der Waals surface area contributed by atoms with Crippen LogP contribution in [0.15, 0.2) is 17.7 Å². The molecule has 0 saturated carbocycles. The molecule has 0 saturated heterocycles. The monoisotopic (exact) mass is 216 g/mol. The number of methoxy groups -OCH3 is 1. The number of benzene rings is 1. The summed E-state index contributed by atoms with van der Waals surface area (Å²) in [6.45, 7) is 4.20. The quantitative estimate of drug-likeness (QED) is 0.675. The molecule has 0 atom stereocenters. The Bertz CT molecular complexity index is 470. The van der Waals surface area contributed by atoms with Crippen LogP contribution in [0.1, 0.15) is 28.7 Å². The van der Waals surface area contributed by atoms with Gasteiger partial charge in [-0.05, 0) is 55.0 Å². The van der Waals surface area contributed by atoms with E-state index in [9.17, 15) is 4.79 Å². The molecule has 1 aliphatic rings. The summed E-state index contributed by atoms with van der Waals surface area (Å²) in [6.07, 6.45) is 3.70. The number of hydrogen-bond acceptors (Lipinski definition) is 2. The molecule has 1 aromatic rings. The van der Waals surface area contributed by atoms with E-state index in [0.717, 1.165) is 18.4 Å². The van der Waals surface area contributed by atoms with E-state index >= 15 is 0 Å². The van der Waals surface area contributed by atoms with Crippen LogP contribution in [0.3, 0.4) is 0 Å². The summed E-state index contributed by atoms with van der Waals surface area (Å²) in [7, 11) is 1.43. The summed E-state index contributed by atoms with van der Waals surface area (Å²) in [4.78, 5) is 11.5. The molecule has 0 fully saturated rings. The second-order valence-electron chi connectivity index (χ2n) is 4.25. The Morgan fingerprint density at radius 3 is 2.56 bits per heavy atom. The summed E-state index contributed by atoms with van der Waals surface area (Å²) in [6, 6.07) is 4.25. The van der Waals surface area contributed by atoms with E-state index in [0.29, 0.717) is 0 Å². The molecule has 2 nitrogen and oxygen atoms in total. The maximum atomic E-state index is 11.5. The van der Waals surface area contributed by atoms with Gasteiger partial charge in [0.2, 0.25) is 0 Å². The van der Waals surface area contributed by atoms with Crippen molar-refractivity contribution in [3.8, 4) is 0 Å². The molecule has 16 heavy (non-hydrogen) atoms. The molecule has 1 aromatic carbocycles. The number of ether oxygens (including phenoxy) is 1. The third-order valence-electron chi connectivity index (χ3n) is 3.22. The molecule has 1 aliphatic carbocycles. The second kappa shape index (κ2) is 4.12. The van der Waals surface area contributed by atoms with Crippen LogP contribution in [-0.2, 0) is 16.0 Å². The second-order valence-corrected chi connectivity index (χ2v) is 4.25. The minimum absolute atomic E-state index is 0.202. The van der Waals surface area contributed by atoms with Crippen LogP contribution >= 0.6 is 0 Å². The van der Waals surface area contributed by atoms with Gasteiger partial charge in [0.1, 0.15) is 0 Å². The average Bonchev–Trinajstić information content (AvgIpc) is 2.32. The third-order valence-corrected chi connectivity index (χ3v) is 3.22. The smallest absolute Gasteiger partial charge is 0.333 e. The minimum Gasteiger partial charge on any atom is -0.466 e. The zero-order valence-corrected chi connectivity index (χ0v) is 9.96. The number of carbonyl (C=O) groups excluding carboxylic acids is 1. The molecule has 0 aliphatic heterocycles. The highest BCUT2D eigenvalue weighted by Crippen LogP contribution is 2.29. The van der Waals surface area contributed by atoms with Crippen molar-refractivity contribution in [3.05, 3.63) is 40.0 Å². The van der Waals surface area contributed by atoms with Gasteiger partial charge >= 0.3 is 5.97 Å². The number of aryl methyl sites for hydroxylation is 2. The van der Waals surface area contributed by atoms with Gasteiger partial charge in [0, 0.05) is 5.57 Å². The molecule has 2 heteroatoms. The van der Waals surface area contributed by atoms with Crippen LogP contribution in [0.4, 0.5) is 0 Å². The first kappa shape index (κ1) is 10.9. The fourth-order valence-electron chi connectivity index (χ4n) is 2.22. The first-order chi connectivity index (χ1) is 7.63. The Kier molecular flexibility index (Phi) is 2.82. The van der Waals surface area contributed by atoms with Crippen molar-refractivity contribution in [3.63, 3.8) is 0 Å². The van der Waals surface area contributed by atoms with E-state index in [1.165, 1.54) is 29.4 Å². The van der Waals surface area contributed by atoms with Crippen molar-refractivity contribution in [2.24, 2.45) is 0 Å². The first-order valence-electron chi connectivity index (χ1n) is 5.51. The van der Waals surface area contributed by atoms with Crippen molar-refractivity contribution in [1.82, 2.24) is 0 Å². The Labute approximate surface area is 95.9 Å². The van der Waals surface area contributed by atoms with Crippen LogP contribution in [0.2, 0.25) is 0 Å². The minimum atomic E-state index is -0.202. The summed E-state index contributed by atoms with van der Waals surface area (Å²) in [5.74, 6) is -0.202. The third kappa shape index (κ3) is 1.75. The van der Waals surface area contributed by atoms with Crippen molar-refractivity contribution in [1.29, 1.82) is 0 Å². The number of hydrogen-bond donors (Lipinski definition) is 0. The largest absolute Gasteiger partial charge is 0.466 e. The Hall–Kier alpha value is -1.57. The van der Waals surface area contributed by atoms with Crippen LogP contribution in [-0.4, -0.2) is 13.1 Å². The first-order valence-corrected chi connectivity index (χ1v) is 5.51. The van der Waals surface area contributed by atoms with Gasteiger partial charge in [0.05, 0.1) is 7.11 Å². The zero-order valence-electron chi connectivity index (χ0n) is 9.96. The standard InChI is InChI=1S/C14H16O2/c1-9-4-5-10(2)13-8-11(14(15)16-3)6-7-12(9)13/h4-5,8H,6-7H2,1-3H3. The lowest BCUT2D eigenvalue weighted by atomic mass is 9.87. The van der Waals surface area contributed by atoms with Crippen molar-refractivity contribution in [2.75, 3.05) is 7.11 Å². The molecule has 0 N–H and O–H groups in total. The number of esters is 1. The van der Waals surface area contributed by atoms with Gasteiger partial charge in [-0.2, -0.15) is 0 Å². The fraction of sp³-hybridized carbons (Fsp3) is 0.357. The summed E-state index contributed by atoms with van der Waals surface area (Å²) >= 11 is 0. The van der Waals surface area contributed by atoms with Gasteiger partial charge in [0.25, 0.3) is 0 Å². The van der Waals surface area contributed by atoms with Crippen LogP contribution in [0, 0.1) is 13.8 Å². The lowest BCUT2D eigenvalue weighted by molar-refractivity contribution is -0.136. The van der Waals surface area contributed by atoms with Crippen LogP contribution in [0.25, 0.3) is 6.08 Å². The summed E-state index contributed by atoms with van der Waals surface area (Å²) in [5.41, 5.74) is 5.88. The molecule has 0 bridgehead atoms. The maximum absolute atomic E-state index is 11.5. The summed E-state index contributed by atoms with van der Waals surface area (Å²) < 4.78 is 4.77. The summed E-state index contributed by atoms with van der Waals surface area (Å²) in [5, 5.41) is 0. The predicted molar refractivity (Wildman–Crippen MR) is 64.2 cm³/mol. The van der Waals surface area contributed by atoms with Crippen molar-refractivity contribution in [2.45, 2.75) is 26.7 Å². The molecule has 84 valence electrons. The lowest BCUT2D eigenvalue weighted by Gasteiger charge is -2.19. The highest BCUT2D eigenvalue weighted by Gasteiger charge is 2.18. The van der Waals surface area contributed by atoms with E-state index in [4.69, 9.17) is 4.74 Å². The van der Waals surface area contributed by atoms with Crippen LogP contribution in [0.5, 0.6) is 0 Å². The molecule has 0 unspecified atom stereocenters. The number of rotatable bonds is 1. The van der Waals surface area contributed by atoms with Gasteiger partial charge in [-0.25, -0.2) is 4.79 Å². The van der Waals surface area contributed by atoms with E-state index in [2.05, 4.69) is 26.0 Å². The molecule has 0 spiro atoms. The highest BCUT2D eigenvalue weighted by molar-refractivity contribution is 5.95. The van der Waals surface area contributed by atoms with E-state index in [1.54, 1.807) is 0 Å². The molecule has 0 heterocycles. The average molecular weight is 216 g/mol. The maximum Gasteiger partial charge on any atom is 0.333 e. The van der Waals surface area contributed by atoms with Gasteiger partial charge in [-0.1, -0.05) is 12.1 Å². The molecular weight excluding hydrogens is 200 g/mol. The normalized spacial score (nSPS) is 14.1. The SMILES string of the molecule is COC(=O)C1=Cc2c(C)ccc(C)c2CC1. The molecule has 2 rings (SSSR count). The lowest BCUT2D eigenvalue weighted by Crippen LogP contribution is -2.11. The van der Waals surface area contributed by atoms with E-state index in [1.807, 2.05) is 6.08 Å². The molecule has 0 amide bonds. The van der Waals surface area contributed by atoms with Crippen LogP contribution < -0.4 is 0 Å². The molecular formula is C14H16O2. The molecule has 0 radical (unpaired) electrons. The fourth-order valence-corrected chi connectivity index (χ4v) is 2.22. The highest BCUT2D eigenvalue weighted by atomic mass is 16.5.